The zero-order chi connectivity index (χ0) is 32.1. The number of anilines is 1. The Labute approximate surface area is 253 Å². The second-order valence-corrected chi connectivity index (χ2v) is 13.3. The molecule has 1 aliphatic rings. The summed E-state index contributed by atoms with van der Waals surface area (Å²) in [5.74, 6) is 0. The Kier molecular flexibility index (Phi) is 9.06. The number of sulfone groups is 1. The highest BCUT2D eigenvalue weighted by Gasteiger charge is 2.49. The minimum atomic E-state index is -4.95. The van der Waals surface area contributed by atoms with E-state index in [0.29, 0.717) is 11.0 Å². The van der Waals surface area contributed by atoms with Crippen molar-refractivity contribution in [2.75, 3.05) is 11.2 Å². The van der Waals surface area contributed by atoms with Gasteiger partial charge in [-0.3, -0.25) is 9.58 Å². The Morgan fingerprint density at radius 3 is 2.27 bits per heavy atom. The molecule has 0 fully saturated rings. The number of aryl methyl sites for hydroxylation is 1. The lowest BCUT2D eigenvalue weighted by Crippen LogP contribution is -2.52. The molecule has 3 aromatic rings. The molecule has 1 aromatic heterocycles. The summed E-state index contributed by atoms with van der Waals surface area (Å²) in [6.45, 7) is 12.6. The molecule has 16 heteroatoms. The maximum absolute atomic E-state index is 14.3. The average Bonchev–Trinajstić information content (AvgIpc) is 3.32. The lowest BCUT2D eigenvalue weighted by molar-refractivity contribution is -0.137. The van der Waals surface area contributed by atoms with Gasteiger partial charge in [0.2, 0.25) is 5.70 Å². The van der Waals surface area contributed by atoms with E-state index in [-0.39, 0.29) is 46.5 Å². The van der Waals surface area contributed by atoms with Crippen LogP contribution in [0.3, 0.4) is 0 Å². The molecule has 232 valence electrons. The van der Waals surface area contributed by atoms with Crippen LogP contribution in [0.2, 0.25) is 0 Å². The molecule has 0 unspecified atom stereocenters. The van der Waals surface area contributed by atoms with Gasteiger partial charge >= 0.3 is 12.2 Å². The molecule has 0 radical (unpaired) electrons. The highest BCUT2D eigenvalue weighted by atomic mass is 32.2. The lowest BCUT2D eigenvalue weighted by atomic mass is 9.98. The molecule has 2 amide bonds. The van der Waals surface area contributed by atoms with Crippen molar-refractivity contribution < 1.29 is 34.8 Å². The van der Waals surface area contributed by atoms with Gasteiger partial charge in [0.05, 0.1) is 40.6 Å². The van der Waals surface area contributed by atoms with Crippen molar-refractivity contribution in [2.24, 2.45) is 0 Å². The van der Waals surface area contributed by atoms with Crippen molar-refractivity contribution in [3.8, 4) is 6.07 Å². The number of urea groups is 1. The molecule has 0 bridgehead atoms. The van der Waals surface area contributed by atoms with Gasteiger partial charge in [-0.05, 0) is 56.7 Å². The van der Waals surface area contributed by atoms with Crippen LogP contribution in [0, 0.1) is 24.8 Å². The maximum Gasteiger partial charge on any atom is 0.416 e. The number of nitrogens with zero attached hydrogens (tertiary/aromatic N) is 6. The van der Waals surface area contributed by atoms with Crippen LogP contribution in [-0.2, 0) is 32.6 Å². The van der Waals surface area contributed by atoms with Crippen molar-refractivity contribution in [2.45, 2.75) is 56.8 Å². The van der Waals surface area contributed by atoms with E-state index in [1.165, 1.54) is 24.6 Å². The van der Waals surface area contributed by atoms with Gasteiger partial charge in [-0.25, -0.2) is 30.8 Å². The Bertz CT molecular complexity index is 1990. The second kappa shape index (κ2) is 11.8. The number of sulfonamides is 1. The number of rotatable bonds is 6. The van der Waals surface area contributed by atoms with Gasteiger partial charge in [-0.1, -0.05) is 19.6 Å². The van der Waals surface area contributed by atoms with E-state index < -0.39 is 59.2 Å². The number of halogens is 3. The molecule has 0 spiro atoms. The quantitative estimate of drug-likeness (QED) is 0.314. The zero-order valence-electron chi connectivity index (χ0n) is 23.1. The summed E-state index contributed by atoms with van der Waals surface area (Å²) < 4.78 is 96.7. The van der Waals surface area contributed by atoms with E-state index in [1.807, 2.05) is 0 Å². The Morgan fingerprint density at radius 2 is 1.75 bits per heavy atom. The largest absolute Gasteiger partial charge is 0.416 e. The molecule has 4 rings (SSSR count). The van der Waals surface area contributed by atoms with E-state index in [4.69, 9.17) is 6.57 Å². The number of aromatic nitrogens is 2. The molecule has 2 aromatic carbocycles. The predicted octanol–water partition coefficient (Wildman–Crippen LogP) is 5.66. The number of amides is 2. The number of carbonyl (C=O) groups is 1. The van der Waals surface area contributed by atoms with Gasteiger partial charge in [-0.15, -0.1) is 0 Å². The molecule has 44 heavy (non-hydrogen) atoms. The number of hydrogen-bond donors (Lipinski definition) is 0. The van der Waals surface area contributed by atoms with Gasteiger partial charge in [0.1, 0.15) is 10.9 Å². The molecule has 0 saturated carbocycles. The first-order chi connectivity index (χ1) is 20.0. The highest BCUT2D eigenvalue weighted by molar-refractivity contribution is 7.91. The van der Waals surface area contributed by atoms with Gasteiger partial charge in [-0.2, -0.15) is 23.5 Å². The molecule has 1 atom stereocenters. The van der Waals surface area contributed by atoms with Crippen LogP contribution < -0.4 is 4.90 Å². The monoisotopic (exact) mass is 648 g/mol. The van der Waals surface area contributed by atoms with Crippen LogP contribution in [0.15, 0.2) is 69.8 Å². The van der Waals surface area contributed by atoms with Crippen LogP contribution in [0.25, 0.3) is 4.85 Å². The van der Waals surface area contributed by atoms with Crippen LogP contribution in [0.5, 0.6) is 0 Å². The molecule has 11 nitrogen and oxygen atoms in total. The predicted molar refractivity (Wildman–Crippen MR) is 154 cm³/mol. The van der Waals surface area contributed by atoms with Crippen LogP contribution in [0.4, 0.5) is 23.7 Å². The molecule has 2 heterocycles. The summed E-state index contributed by atoms with van der Waals surface area (Å²) in [4.78, 5) is 17.4. The fourth-order valence-corrected chi connectivity index (χ4v) is 7.41. The summed E-state index contributed by atoms with van der Waals surface area (Å²) in [6.07, 6.45) is -3.00. The fraction of sp³-hybridized carbons (Fsp3) is 0.286. The number of benzene rings is 2. The third kappa shape index (κ3) is 5.66. The molecule has 0 saturated heterocycles. The summed E-state index contributed by atoms with van der Waals surface area (Å²) in [5.41, 5.74) is -2.43. The third-order valence-corrected chi connectivity index (χ3v) is 9.86. The Balaban J connectivity index is 0.00000529. The first-order valence-corrected chi connectivity index (χ1v) is 15.7. The number of hydrogen-bond acceptors (Lipinski definition) is 7. The van der Waals surface area contributed by atoms with E-state index in [9.17, 15) is 40.1 Å². The van der Waals surface area contributed by atoms with Gasteiger partial charge in [0.15, 0.2) is 9.84 Å². The smallest absolute Gasteiger partial charge is 0.277 e. The molecular weight excluding hydrogens is 621 g/mol. The van der Waals surface area contributed by atoms with E-state index in [2.05, 4.69) is 9.94 Å². The molecular formula is C28H27F3N6O5S2. The van der Waals surface area contributed by atoms with E-state index in [0.717, 1.165) is 42.8 Å². The first-order valence-electron chi connectivity index (χ1n) is 12.4. The minimum Gasteiger partial charge on any atom is -0.277 e. The van der Waals surface area contributed by atoms with Crippen LogP contribution in [-0.4, -0.2) is 43.2 Å². The molecule has 0 N–H and O–H groups in total. The van der Waals surface area contributed by atoms with E-state index in [1.54, 1.807) is 13.0 Å². The maximum atomic E-state index is 14.3. The highest BCUT2D eigenvalue weighted by Crippen LogP contribution is 2.45. The average molecular weight is 649 g/mol. The summed E-state index contributed by atoms with van der Waals surface area (Å²) in [7, 11) is -9.13. The van der Waals surface area contributed by atoms with Gasteiger partial charge in [0.25, 0.3) is 10.0 Å². The Hall–Kier alpha value is -4.67. The van der Waals surface area contributed by atoms with Crippen molar-refractivity contribution in [3.63, 3.8) is 0 Å². The molecule has 1 aliphatic heterocycles. The topological polar surface area (TPSA) is 138 Å². The van der Waals surface area contributed by atoms with E-state index >= 15 is 0 Å². The fourth-order valence-electron chi connectivity index (χ4n) is 4.82. The number of carbonyl (C=O) groups excluding carboxylic acids is 1. The van der Waals surface area contributed by atoms with Crippen molar-refractivity contribution in [1.82, 2.24) is 14.1 Å². The minimum absolute atomic E-state index is 0. The standard InChI is InChI=1S/C27H23F3N6O5S2.CH4/c1-6-34-16(2)23(15-33-34)43(40,41)36-25(21-11-10-18(14-31)12-22(21)42(5,38)39)24(32-4)17(3)35(26(36)37)20-9-7-8-19(13-20)27(28,29)30;/h7-13,15,25H,6H2,1-3,5H3;1H4/t25-;/m1./s1. The number of alkyl halides is 3. The third-order valence-electron chi connectivity index (χ3n) is 6.86. The summed E-state index contributed by atoms with van der Waals surface area (Å²) in [5, 5.41) is 13.4. The lowest BCUT2D eigenvalue weighted by Gasteiger charge is -2.41. The first kappa shape index (κ1) is 33.8. The van der Waals surface area contributed by atoms with Gasteiger partial charge in [0, 0.05) is 24.2 Å². The zero-order valence-corrected chi connectivity index (χ0v) is 24.7. The Morgan fingerprint density at radius 1 is 1.09 bits per heavy atom. The van der Waals surface area contributed by atoms with Crippen molar-refractivity contribution in [3.05, 3.63) is 93.9 Å². The number of allylic oxidation sites excluding steroid dienone is 1. The SMILES string of the molecule is C.[C-]#[N+]C1=C(C)N(c2cccc(C(F)(F)F)c2)C(=O)N(S(=O)(=O)c2cnn(CC)c2C)[C@@H]1c1ccc(C#N)cc1S(C)(=O)=O. The van der Waals surface area contributed by atoms with Crippen LogP contribution in [0.1, 0.15) is 49.7 Å². The van der Waals surface area contributed by atoms with Crippen molar-refractivity contribution in [1.29, 1.82) is 5.26 Å². The normalized spacial score (nSPS) is 15.9. The van der Waals surface area contributed by atoms with Crippen LogP contribution >= 0.6 is 0 Å². The second-order valence-electron chi connectivity index (χ2n) is 9.50. The van der Waals surface area contributed by atoms with Crippen molar-refractivity contribution >= 4 is 31.6 Å². The number of nitriles is 1. The summed E-state index contributed by atoms with van der Waals surface area (Å²) >= 11 is 0. The molecule has 0 aliphatic carbocycles. The van der Waals surface area contributed by atoms with Gasteiger partial charge < -0.3 is 0 Å². The summed E-state index contributed by atoms with van der Waals surface area (Å²) in [6, 6.07) is 5.48.